The molecule has 4 N–H and O–H groups in total. The predicted octanol–water partition coefficient (Wildman–Crippen LogP) is 2.79. The zero-order valence-electron chi connectivity index (χ0n) is 10.7. The third-order valence-electron chi connectivity index (χ3n) is 2.72. The zero-order valence-corrected chi connectivity index (χ0v) is 11.4. The Morgan fingerprint density at radius 2 is 1.86 bits per heavy atom. The Balaban J connectivity index is 2.30. The lowest BCUT2D eigenvalue weighted by atomic mass is 10.1. The maximum Gasteiger partial charge on any atom is 0.270 e. The smallest absolute Gasteiger partial charge is 0.270 e. The Morgan fingerprint density at radius 3 is 2.43 bits per heavy atom. The first-order valence-electron chi connectivity index (χ1n) is 5.83. The lowest BCUT2D eigenvalue weighted by Crippen LogP contribution is -2.17. The zero-order chi connectivity index (χ0) is 15.4. The van der Waals surface area contributed by atoms with Gasteiger partial charge in [-0.3, -0.25) is 20.8 Å². The van der Waals surface area contributed by atoms with Crippen LogP contribution in [0.2, 0.25) is 5.02 Å². The van der Waals surface area contributed by atoms with Crippen LogP contribution in [-0.4, -0.2) is 10.8 Å². The summed E-state index contributed by atoms with van der Waals surface area (Å²) in [5, 5.41) is 13.9. The fraction of sp³-hybridized carbons (Fsp3) is 0. The maximum absolute atomic E-state index is 12.2. The van der Waals surface area contributed by atoms with Crippen LogP contribution in [0.4, 0.5) is 17.1 Å². The minimum Gasteiger partial charge on any atom is -0.323 e. The molecule has 0 aliphatic heterocycles. The van der Waals surface area contributed by atoms with Gasteiger partial charge in [0.25, 0.3) is 11.6 Å². The van der Waals surface area contributed by atoms with Crippen molar-refractivity contribution in [3.05, 3.63) is 63.2 Å². The largest absolute Gasteiger partial charge is 0.323 e. The van der Waals surface area contributed by atoms with Crippen LogP contribution < -0.4 is 16.6 Å². The molecule has 0 atom stereocenters. The molecule has 0 aromatic heterocycles. The number of anilines is 2. The first-order valence-corrected chi connectivity index (χ1v) is 6.21. The molecule has 0 bridgehead atoms. The van der Waals surface area contributed by atoms with Crippen LogP contribution in [0, 0.1) is 10.1 Å². The number of carbonyl (C=O) groups excluding carboxylic acids is 1. The van der Waals surface area contributed by atoms with Gasteiger partial charge < -0.3 is 10.7 Å². The number of non-ortho nitro benzene ring substituents is 1. The lowest BCUT2D eigenvalue weighted by molar-refractivity contribution is -0.384. The van der Waals surface area contributed by atoms with Gasteiger partial charge in [0.1, 0.15) is 0 Å². The molecule has 8 heteroatoms. The fourth-order valence-electron chi connectivity index (χ4n) is 1.69. The number of hydrogen-bond acceptors (Lipinski definition) is 5. The van der Waals surface area contributed by atoms with Gasteiger partial charge in [0.15, 0.2) is 0 Å². The normalized spacial score (nSPS) is 10.0. The van der Waals surface area contributed by atoms with Gasteiger partial charge in [0.05, 0.1) is 16.2 Å². The molecular formula is C13H11ClN4O3. The molecule has 2 aromatic rings. The molecule has 2 aromatic carbocycles. The van der Waals surface area contributed by atoms with E-state index >= 15 is 0 Å². The molecule has 0 saturated carbocycles. The second-order valence-corrected chi connectivity index (χ2v) is 4.53. The van der Waals surface area contributed by atoms with Gasteiger partial charge in [-0.15, -0.1) is 0 Å². The summed E-state index contributed by atoms with van der Waals surface area (Å²) >= 11 is 5.75. The topological polar surface area (TPSA) is 110 Å². The van der Waals surface area contributed by atoms with E-state index in [0.29, 0.717) is 10.7 Å². The Bertz CT molecular complexity index is 688. The van der Waals surface area contributed by atoms with E-state index in [0.717, 1.165) is 6.07 Å². The molecule has 108 valence electrons. The van der Waals surface area contributed by atoms with Gasteiger partial charge >= 0.3 is 0 Å². The highest BCUT2D eigenvalue weighted by atomic mass is 35.5. The molecule has 0 fully saturated rings. The second-order valence-electron chi connectivity index (χ2n) is 4.09. The number of hydrogen-bond donors (Lipinski definition) is 3. The Labute approximate surface area is 124 Å². The van der Waals surface area contributed by atoms with E-state index in [1.807, 2.05) is 0 Å². The average molecular weight is 307 g/mol. The molecule has 21 heavy (non-hydrogen) atoms. The van der Waals surface area contributed by atoms with E-state index in [4.69, 9.17) is 17.4 Å². The number of nitro groups is 1. The summed E-state index contributed by atoms with van der Waals surface area (Å²) in [5.41, 5.74) is 3.00. The van der Waals surface area contributed by atoms with E-state index in [9.17, 15) is 14.9 Å². The van der Waals surface area contributed by atoms with Crippen LogP contribution in [0.25, 0.3) is 0 Å². The molecule has 0 radical (unpaired) electrons. The van der Waals surface area contributed by atoms with Gasteiger partial charge in [0.2, 0.25) is 0 Å². The quantitative estimate of drug-likeness (QED) is 0.457. The molecular weight excluding hydrogens is 296 g/mol. The summed E-state index contributed by atoms with van der Waals surface area (Å²) in [6.07, 6.45) is 0. The highest BCUT2D eigenvalue weighted by molar-refractivity contribution is 6.30. The van der Waals surface area contributed by atoms with Gasteiger partial charge in [-0.2, -0.15) is 0 Å². The Morgan fingerprint density at radius 1 is 1.19 bits per heavy atom. The van der Waals surface area contributed by atoms with Crippen molar-refractivity contribution in [2.75, 3.05) is 10.7 Å². The molecule has 0 unspecified atom stereocenters. The standard InChI is InChI=1S/C13H11ClN4O3/c14-8-1-3-9(4-2-8)16-13(19)11-7-10(18(20)21)5-6-12(11)17-15/h1-7,17H,15H2,(H,16,19). The van der Waals surface area contributed by atoms with Crippen molar-refractivity contribution in [1.29, 1.82) is 0 Å². The van der Waals surface area contributed by atoms with Crippen molar-refractivity contribution in [2.24, 2.45) is 5.84 Å². The maximum atomic E-state index is 12.2. The van der Waals surface area contributed by atoms with Crippen LogP contribution in [-0.2, 0) is 0 Å². The first kappa shape index (κ1) is 14.8. The van der Waals surface area contributed by atoms with Crippen molar-refractivity contribution < 1.29 is 9.72 Å². The van der Waals surface area contributed by atoms with E-state index in [-0.39, 0.29) is 16.9 Å². The summed E-state index contributed by atoms with van der Waals surface area (Å²) in [5.74, 6) is 4.79. The summed E-state index contributed by atoms with van der Waals surface area (Å²) in [6, 6.07) is 10.3. The molecule has 0 aliphatic rings. The van der Waals surface area contributed by atoms with Crippen molar-refractivity contribution in [2.45, 2.75) is 0 Å². The highest BCUT2D eigenvalue weighted by Crippen LogP contribution is 2.23. The van der Waals surface area contributed by atoms with Crippen LogP contribution in [0.5, 0.6) is 0 Å². The number of nitrogens with zero attached hydrogens (tertiary/aromatic N) is 1. The summed E-state index contributed by atoms with van der Waals surface area (Å²) < 4.78 is 0. The number of halogens is 1. The fourth-order valence-corrected chi connectivity index (χ4v) is 1.82. The molecule has 7 nitrogen and oxygen atoms in total. The monoisotopic (exact) mass is 306 g/mol. The van der Waals surface area contributed by atoms with Crippen molar-refractivity contribution in [3.63, 3.8) is 0 Å². The minimum atomic E-state index is -0.584. The van der Waals surface area contributed by atoms with Crippen molar-refractivity contribution in [1.82, 2.24) is 0 Å². The third kappa shape index (κ3) is 3.47. The molecule has 0 spiro atoms. The van der Waals surface area contributed by atoms with Crippen LogP contribution in [0.15, 0.2) is 42.5 Å². The van der Waals surface area contributed by atoms with Crippen molar-refractivity contribution in [3.8, 4) is 0 Å². The third-order valence-corrected chi connectivity index (χ3v) is 2.97. The van der Waals surface area contributed by atoms with Crippen molar-refractivity contribution >= 4 is 34.6 Å². The number of carbonyl (C=O) groups is 1. The minimum absolute atomic E-state index is 0.0710. The number of nitro benzene ring substituents is 1. The SMILES string of the molecule is NNc1ccc([N+](=O)[O-])cc1C(=O)Nc1ccc(Cl)cc1. The molecule has 2 rings (SSSR count). The first-order chi connectivity index (χ1) is 10.0. The van der Waals surface area contributed by atoms with Gasteiger partial charge in [-0.25, -0.2) is 0 Å². The Kier molecular flexibility index (Phi) is 4.36. The highest BCUT2D eigenvalue weighted by Gasteiger charge is 2.16. The van der Waals surface area contributed by atoms with Gasteiger partial charge in [-0.05, 0) is 30.3 Å². The number of amides is 1. The summed E-state index contributed by atoms with van der Waals surface area (Å²) in [7, 11) is 0. The van der Waals surface area contributed by atoms with E-state index < -0.39 is 10.8 Å². The van der Waals surface area contributed by atoms with Gasteiger partial charge in [0, 0.05) is 22.8 Å². The average Bonchev–Trinajstić information content (AvgIpc) is 2.48. The molecule has 0 aliphatic carbocycles. The van der Waals surface area contributed by atoms with E-state index in [1.165, 1.54) is 12.1 Å². The number of nitrogens with two attached hydrogens (primary N) is 1. The van der Waals surface area contributed by atoms with Crippen LogP contribution in [0.3, 0.4) is 0 Å². The number of hydrazine groups is 1. The van der Waals surface area contributed by atoms with E-state index in [1.54, 1.807) is 24.3 Å². The number of nitrogen functional groups attached to an aromatic ring is 1. The predicted molar refractivity (Wildman–Crippen MR) is 80.3 cm³/mol. The summed E-state index contributed by atoms with van der Waals surface area (Å²) in [6.45, 7) is 0. The molecule has 0 heterocycles. The number of benzene rings is 2. The van der Waals surface area contributed by atoms with Crippen LogP contribution in [0.1, 0.15) is 10.4 Å². The second kappa shape index (κ2) is 6.21. The number of rotatable bonds is 4. The summed E-state index contributed by atoms with van der Waals surface area (Å²) in [4.78, 5) is 22.4. The molecule has 0 saturated heterocycles. The Hall–Kier alpha value is -2.64. The number of nitrogens with one attached hydrogen (secondary N) is 2. The lowest BCUT2D eigenvalue weighted by Gasteiger charge is -2.09. The van der Waals surface area contributed by atoms with Gasteiger partial charge in [-0.1, -0.05) is 11.6 Å². The van der Waals surface area contributed by atoms with Crippen LogP contribution >= 0.6 is 11.6 Å². The molecule has 1 amide bonds. The van der Waals surface area contributed by atoms with E-state index in [2.05, 4.69) is 10.7 Å².